The molecule has 1 aromatic carbocycles. The van der Waals surface area contributed by atoms with Crippen molar-refractivity contribution in [3.05, 3.63) is 24.3 Å². The van der Waals surface area contributed by atoms with Crippen LogP contribution in [0.4, 0.5) is 5.69 Å². The highest BCUT2D eigenvalue weighted by Crippen LogP contribution is 2.67. The van der Waals surface area contributed by atoms with Gasteiger partial charge in [-0.05, 0) is 73.6 Å². The molecule has 1 aromatic rings. The van der Waals surface area contributed by atoms with Crippen molar-refractivity contribution in [2.45, 2.75) is 30.0 Å². The first kappa shape index (κ1) is 15.6. The molecule has 124 valence electrons. The van der Waals surface area contributed by atoms with Gasteiger partial charge in [0.2, 0.25) is 5.91 Å². The number of hydrogen-bond donors (Lipinski definition) is 1. The summed E-state index contributed by atoms with van der Waals surface area (Å²) >= 11 is 12.7. The van der Waals surface area contributed by atoms with Gasteiger partial charge in [-0.1, -0.05) is 0 Å². The zero-order chi connectivity index (χ0) is 16.2. The molecule has 5 heteroatoms. The van der Waals surface area contributed by atoms with Gasteiger partial charge in [0.15, 0.2) is 0 Å². The van der Waals surface area contributed by atoms with Gasteiger partial charge in [0, 0.05) is 11.6 Å². The van der Waals surface area contributed by atoms with E-state index in [2.05, 4.69) is 5.32 Å². The van der Waals surface area contributed by atoms with E-state index in [1.807, 2.05) is 24.3 Å². The van der Waals surface area contributed by atoms with Gasteiger partial charge in [-0.25, -0.2) is 0 Å². The maximum Gasteiger partial charge on any atom is 0.228 e. The maximum atomic E-state index is 12.5. The molecule has 1 unspecified atom stereocenters. The molecule has 4 rings (SSSR count). The van der Waals surface area contributed by atoms with Gasteiger partial charge in [0.05, 0.1) is 7.11 Å². The van der Waals surface area contributed by atoms with Crippen LogP contribution in [0.15, 0.2) is 24.3 Å². The number of halogens is 2. The SMILES string of the molecule is COc1ccc(NC(=O)C2[C@H]3CC[C@@H]4[C@H](CC[C@H]23)C4(Cl)Cl)cc1. The van der Waals surface area contributed by atoms with E-state index in [1.165, 1.54) is 0 Å². The van der Waals surface area contributed by atoms with Crippen LogP contribution >= 0.6 is 23.2 Å². The Morgan fingerprint density at radius 3 is 2.17 bits per heavy atom. The van der Waals surface area contributed by atoms with Crippen LogP contribution in [-0.2, 0) is 4.79 Å². The van der Waals surface area contributed by atoms with Gasteiger partial charge in [-0.15, -0.1) is 23.2 Å². The molecule has 0 aliphatic heterocycles. The Morgan fingerprint density at radius 1 is 1.09 bits per heavy atom. The van der Waals surface area contributed by atoms with Crippen molar-refractivity contribution >= 4 is 34.8 Å². The summed E-state index contributed by atoms with van der Waals surface area (Å²) in [6.45, 7) is 0. The number of amides is 1. The largest absolute Gasteiger partial charge is 0.497 e. The van der Waals surface area contributed by atoms with Crippen LogP contribution < -0.4 is 10.1 Å². The Bertz CT molecular complexity index is 594. The Hall–Kier alpha value is -0.930. The van der Waals surface area contributed by atoms with Crippen LogP contribution in [-0.4, -0.2) is 17.4 Å². The van der Waals surface area contributed by atoms with Crippen LogP contribution in [0.25, 0.3) is 0 Å². The fourth-order valence-electron chi connectivity index (χ4n) is 4.51. The van der Waals surface area contributed by atoms with E-state index in [0.29, 0.717) is 23.7 Å². The Morgan fingerprint density at radius 2 is 1.65 bits per heavy atom. The molecular formula is C18H21Cl2NO2. The molecule has 0 aromatic heterocycles. The number of rotatable bonds is 3. The second-order valence-corrected chi connectivity index (χ2v) is 8.56. The molecule has 5 atom stereocenters. The second-order valence-electron chi connectivity index (χ2n) is 7.11. The minimum atomic E-state index is -0.488. The van der Waals surface area contributed by atoms with Gasteiger partial charge in [-0.3, -0.25) is 4.79 Å². The zero-order valence-corrected chi connectivity index (χ0v) is 14.6. The highest BCUT2D eigenvalue weighted by Gasteiger charge is 2.65. The van der Waals surface area contributed by atoms with Crippen molar-refractivity contribution in [1.29, 1.82) is 0 Å². The van der Waals surface area contributed by atoms with Gasteiger partial charge in [0.1, 0.15) is 10.1 Å². The average molecular weight is 354 g/mol. The molecule has 1 amide bonds. The molecule has 0 radical (unpaired) electrons. The third-order valence-electron chi connectivity index (χ3n) is 5.98. The van der Waals surface area contributed by atoms with E-state index >= 15 is 0 Å². The topological polar surface area (TPSA) is 38.3 Å². The third-order valence-corrected chi connectivity index (χ3v) is 7.10. The molecule has 3 nitrogen and oxygen atoms in total. The van der Waals surface area contributed by atoms with Crippen molar-refractivity contribution in [3.8, 4) is 5.75 Å². The number of methoxy groups -OCH3 is 1. The summed E-state index contributed by atoms with van der Waals surface area (Å²) < 4.78 is 4.65. The van der Waals surface area contributed by atoms with Gasteiger partial charge in [0.25, 0.3) is 0 Å². The normalized spacial score (nSPS) is 36.7. The highest BCUT2D eigenvalue weighted by molar-refractivity contribution is 6.51. The van der Waals surface area contributed by atoms with E-state index in [9.17, 15) is 4.79 Å². The molecule has 23 heavy (non-hydrogen) atoms. The standard InChI is InChI=1S/C18H21Cl2NO2/c1-23-11-4-2-10(3-5-11)21-17(22)16-12-6-8-14-15(18(14,19)20)9-7-13(12)16/h2-5,12-16H,6-9H2,1H3,(H,21,22)/t12-,13-,14-,15+,16?/m0/s1. The van der Waals surface area contributed by atoms with E-state index in [0.717, 1.165) is 37.1 Å². The van der Waals surface area contributed by atoms with Crippen LogP contribution in [0.3, 0.4) is 0 Å². The number of fused-ring (bicyclic) bond motifs is 2. The zero-order valence-electron chi connectivity index (χ0n) is 13.1. The summed E-state index contributed by atoms with van der Waals surface area (Å²) in [6, 6.07) is 7.48. The lowest BCUT2D eigenvalue weighted by molar-refractivity contribution is -0.117. The Kier molecular flexibility index (Phi) is 3.77. The van der Waals surface area contributed by atoms with E-state index in [4.69, 9.17) is 27.9 Å². The van der Waals surface area contributed by atoms with E-state index in [1.54, 1.807) is 7.11 Å². The van der Waals surface area contributed by atoms with Crippen molar-refractivity contribution in [2.24, 2.45) is 29.6 Å². The number of ether oxygens (including phenoxy) is 1. The molecular weight excluding hydrogens is 333 g/mol. The van der Waals surface area contributed by atoms with Gasteiger partial charge >= 0.3 is 0 Å². The molecule has 0 bridgehead atoms. The van der Waals surface area contributed by atoms with Crippen molar-refractivity contribution in [2.75, 3.05) is 12.4 Å². The third kappa shape index (κ3) is 2.72. The Balaban J connectivity index is 1.36. The fraction of sp³-hybridized carbons (Fsp3) is 0.611. The summed E-state index contributed by atoms with van der Waals surface area (Å²) in [5.74, 6) is 3.02. The number of carbonyl (C=O) groups excluding carboxylic acids is 1. The van der Waals surface area contributed by atoms with Crippen LogP contribution in [0.5, 0.6) is 5.75 Å². The maximum absolute atomic E-state index is 12.5. The smallest absolute Gasteiger partial charge is 0.228 e. The lowest BCUT2D eigenvalue weighted by Gasteiger charge is -2.06. The summed E-state index contributed by atoms with van der Waals surface area (Å²) in [7, 11) is 1.63. The molecule has 0 heterocycles. The predicted molar refractivity (Wildman–Crippen MR) is 92.0 cm³/mol. The number of anilines is 1. The van der Waals surface area contributed by atoms with Crippen LogP contribution in [0.1, 0.15) is 25.7 Å². The lowest BCUT2D eigenvalue weighted by atomic mass is 10.0. The molecule has 1 N–H and O–H groups in total. The number of hydrogen-bond acceptors (Lipinski definition) is 2. The minimum absolute atomic E-state index is 0.156. The first-order chi connectivity index (χ1) is 11.0. The number of nitrogens with one attached hydrogen (secondary N) is 1. The van der Waals surface area contributed by atoms with Crippen LogP contribution in [0, 0.1) is 29.6 Å². The molecule has 3 aliphatic rings. The first-order valence-electron chi connectivity index (χ1n) is 8.35. The molecule has 3 saturated carbocycles. The average Bonchev–Trinajstić information content (AvgIpc) is 3.33. The van der Waals surface area contributed by atoms with Gasteiger partial charge in [-0.2, -0.15) is 0 Å². The quantitative estimate of drug-likeness (QED) is 0.813. The highest BCUT2D eigenvalue weighted by atomic mass is 35.5. The van der Waals surface area contributed by atoms with Gasteiger partial charge < -0.3 is 10.1 Å². The Labute approximate surface area is 146 Å². The summed E-state index contributed by atoms with van der Waals surface area (Å²) in [4.78, 5) is 12.5. The minimum Gasteiger partial charge on any atom is -0.497 e. The number of alkyl halides is 2. The lowest BCUT2D eigenvalue weighted by Crippen LogP contribution is -2.15. The fourth-order valence-corrected chi connectivity index (χ4v) is 5.43. The number of carbonyl (C=O) groups is 1. The summed E-state index contributed by atoms with van der Waals surface area (Å²) in [6.07, 6.45) is 4.28. The van der Waals surface area contributed by atoms with E-state index in [-0.39, 0.29) is 11.8 Å². The van der Waals surface area contributed by atoms with E-state index < -0.39 is 4.33 Å². The predicted octanol–water partition coefficient (Wildman–Crippen LogP) is 4.49. The summed E-state index contributed by atoms with van der Waals surface area (Å²) in [5.41, 5.74) is 0.832. The van der Waals surface area contributed by atoms with Crippen molar-refractivity contribution in [3.63, 3.8) is 0 Å². The molecule has 3 aliphatic carbocycles. The molecule has 3 fully saturated rings. The monoisotopic (exact) mass is 353 g/mol. The second kappa shape index (κ2) is 5.56. The summed E-state index contributed by atoms with van der Waals surface area (Å²) in [5, 5.41) is 3.04. The molecule has 0 saturated heterocycles. The van der Waals surface area contributed by atoms with Crippen molar-refractivity contribution < 1.29 is 9.53 Å². The van der Waals surface area contributed by atoms with Crippen LogP contribution in [0.2, 0.25) is 0 Å². The van der Waals surface area contributed by atoms with Crippen molar-refractivity contribution in [1.82, 2.24) is 0 Å². The molecule has 0 spiro atoms. The first-order valence-corrected chi connectivity index (χ1v) is 9.10. The number of benzene rings is 1.